The Morgan fingerprint density at radius 2 is 2.07 bits per heavy atom. The summed E-state index contributed by atoms with van der Waals surface area (Å²) in [6, 6.07) is 5.33. The minimum atomic E-state index is -0.103. The van der Waals surface area contributed by atoms with E-state index in [9.17, 15) is 4.79 Å². The van der Waals surface area contributed by atoms with Gasteiger partial charge in [-0.3, -0.25) is 4.79 Å². The molecule has 5 nitrogen and oxygen atoms in total. The summed E-state index contributed by atoms with van der Waals surface area (Å²) < 4.78 is 11.2. The molecule has 1 aliphatic carbocycles. The molecule has 0 bridgehead atoms. The minimum Gasteiger partial charge on any atom is -0.493 e. The average molecular weight is 403 g/mol. The van der Waals surface area contributed by atoms with E-state index in [1.54, 1.807) is 30.6 Å². The maximum absolute atomic E-state index is 12.5. The summed E-state index contributed by atoms with van der Waals surface area (Å²) in [6.45, 7) is 5.54. The second-order valence-electron chi connectivity index (χ2n) is 7.59. The second-order valence-corrected chi connectivity index (χ2v) is 8.76. The van der Waals surface area contributed by atoms with Crippen molar-refractivity contribution in [3.63, 3.8) is 0 Å². The van der Waals surface area contributed by atoms with Gasteiger partial charge >= 0.3 is 0 Å². The summed E-state index contributed by atoms with van der Waals surface area (Å²) in [5, 5.41) is 4.11. The Hall–Kier alpha value is -2.08. The molecule has 1 aliphatic rings. The van der Waals surface area contributed by atoms with E-state index >= 15 is 0 Å². The highest BCUT2D eigenvalue weighted by Crippen LogP contribution is 2.29. The molecule has 152 valence electrons. The zero-order chi connectivity index (χ0) is 19.9. The SMILES string of the molecule is COc1cc(C(=O)NCCc2nc3c(s2)CCCC3)ccc1OCCC(C)C. The lowest BCUT2D eigenvalue weighted by molar-refractivity contribution is 0.0953. The van der Waals surface area contributed by atoms with Crippen molar-refractivity contribution in [3.8, 4) is 11.5 Å². The highest BCUT2D eigenvalue weighted by Gasteiger charge is 2.15. The molecule has 1 N–H and O–H groups in total. The Labute approximate surface area is 171 Å². The average Bonchev–Trinajstić information content (AvgIpc) is 3.10. The third kappa shape index (κ3) is 5.47. The number of nitrogens with one attached hydrogen (secondary N) is 1. The Balaban J connectivity index is 1.52. The Morgan fingerprint density at radius 3 is 2.82 bits per heavy atom. The monoisotopic (exact) mass is 402 g/mol. The molecule has 0 saturated carbocycles. The van der Waals surface area contributed by atoms with Crippen LogP contribution in [0, 0.1) is 5.92 Å². The first-order chi connectivity index (χ1) is 13.6. The second kappa shape index (κ2) is 9.92. The minimum absolute atomic E-state index is 0.103. The highest BCUT2D eigenvalue weighted by atomic mass is 32.1. The quantitative estimate of drug-likeness (QED) is 0.674. The van der Waals surface area contributed by atoms with E-state index in [0.717, 1.165) is 30.7 Å². The van der Waals surface area contributed by atoms with Crippen LogP contribution in [0.5, 0.6) is 11.5 Å². The predicted octanol–water partition coefficient (Wildman–Crippen LogP) is 4.43. The normalized spacial score (nSPS) is 13.3. The molecule has 0 radical (unpaired) electrons. The van der Waals surface area contributed by atoms with Gasteiger partial charge in [-0.2, -0.15) is 0 Å². The van der Waals surface area contributed by atoms with Crippen LogP contribution in [0.1, 0.15) is 59.0 Å². The van der Waals surface area contributed by atoms with Crippen molar-refractivity contribution < 1.29 is 14.3 Å². The van der Waals surface area contributed by atoms with Crippen LogP contribution in [0.25, 0.3) is 0 Å². The lowest BCUT2D eigenvalue weighted by Crippen LogP contribution is -2.25. The van der Waals surface area contributed by atoms with Crippen molar-refractivity contribution in [1.29, 1.82) is 0 Å². The lowest BCUT2D eigenvalue weighted by Gasteiger charge is -2.13. The van der Waals surface area contributed by atoms with E-state index in [1.807, 2.05) is 6.07 Å². The van der Waals surface area contributed by atoms with Crippen LogP contribution in [0.3, 0.4) is 0 Å². The first kappa shape index (κ1) is 20.6. The number of thiazole rings is 1. The topological polar surface area (TPSA) is 60.5 Å². The van der Waals surface area contributed by atoms with E-state index in [4.69, 9.17) is 14.5 Å². The van der Waals surface area contributed by atoms with Gasteiger partial charge < -0.3 is 14.8 Å². The van der Waals surface area contributed by atoms with Crippen molar-refractivity contribution in [2.45, 2.75) is 52.4 Å². The molecule has 0 aliphatic heterocycles. The summed E-state index contributed by atoms with van der Waals surface area (Å²) in [6.07, 6.45) is 6.52. The van der Waals surface area contributed by atoms with Gasteiger partial charge in [-0.15, -0.1) is 11.3 Å². The number of hydrogen-bond acceptors (Lipinski definition) is 5. The first-order valence-electron chi connectivity index (χ1n) is 10.1. The van der Waals surface area contributed by atoms with Gasteiger partial charge in [-0.25, -0.2) is 4.98 Å². The van der Waals surface area contributed by atoms with Crippen LogP contribution in [-0.4, -0.2) is 31.2 Å². The third-order valence-electron chi connectivity index (χ3n) is 4.89. The molecule has 0 saturated heterocycles. The van der Waals surface area contributed by atoms with Crippen LogP contribution in [0.2, 0.25) is 0 Å². The fourth-order valence-corrected chi connectivity index (χ4v) is 4.39. The molecular weight excluding hydrogens is 372 g/mol. The number of ether oxygens (including phenoxy) is 2. The molecule has 28 heavy (non-hydrogen) atoms. The standard InChI is InChI=1S/C22H30N2O3S/c1-15(2)11-13-27-18-9-8-16(14-19(18)26-3)22(25)23-12-10-21-24-17-6-4-5-7-20(17)28-21/h8-9,14-15H,4-7,10-13H2,1-3H3,(H,23,25). The largest absolute Gasteiger partial charge is 0.493 e. The van der Waals surface area contributed by atoms with Crippen molar-refractivity contribution >= 4 is 17.2 Å². The van der Waals surface area contributed by atoms with Gasteiger partial charge in [0.2, 0.25) is 0 Å². The van der Waals surface area contributed by atoms with E-state index in [0.29, 0.717) is 36.1 Å². The zero-order valence-corrected chi connectivity index (χ0v) is 17.9. The van der Waals surface area contributed by atoms with Crippen molar-refractivity contribution in [3.05, 3.63) is 39.3 Å². The molecule has 0 unspecified atom stereocenters. The molecule has 1 heterocycles. The number of aromatic nitrogens is 1. The smallest absolute Gasteiger partial charge is 0.251 e. The number of fused-ring (bicyclic) bond motifs is 1. The fraction of sp³-hybridized carbons (Fsp3) is 0.545. The molecule has 1 aromatic carbocycles. The molecular formula is C22H30N2O3S. The van der Waals surface area contributed by atoms with Crippen LogP contribution in [-0.2, 0) is 19.3 Å². The highest BCUT2D eigenvalue weighted by molar-refractivity contribution is 7.11. The molecule has 0 atom stereocenters. The van der Waals surface area contributed by atoms with E-state index < -0.39 is 0 Å². The number of hydrogen-bond donors (Lipinski definition) is 1. The number of methoxy groups -OCH3 is 1. The molecule has 1 amide bonds. The lowest BCUT2D eigenvalue weighted by atomic mass is 10.0. The Kier molecular flexibility index (Phi) is 7.31. The number of amides is 1. The van der Waals surface area contributed by atoms with Crippen molar-refractivity contribution in [2.75, 3.05) is 20.3 Å². The number of nitrogens with zero attached hydrogens (tertiary/aromatic N) is 1. The maximum Gasteiger partial charge on any atom is 0.251 e. The van der Waals surface area contributed by atoms with Gasteiger partial charge in [0.25, 0.3) is 5.91 Å². The van der Waals surface area contributed by atoms with Crippen LogP contribution in [0.4, 0.5) is 0 Å². The van der Waals surface area contributed by atoms with Crippen LogP contribution >= 0.6 is 11.3 Å². The number of benzene rings is 1. The Bertz CT molecular complexity index is 778. The number of aryl methyl sites for hydroxylation is 2. The summed E-state index contributed by atoms with van der Waals surface area (Å²) in [5.41, 5.74) is 1.85. The predicted molar refractivity (Wildman–Crippen MR) is 113 cm³/mol. The van der Waals surface area contributed by atoms with Crippen molar-refractivity contribution in [2.24, 2.45) is 5.92 Å². The van der Waals surface area contributed by atoms with Gasteiger partial charge in [-0.05, 0) is 56.2 Å². The van der Waals surface area contributed by atoms with Crippen molar-refractivity contribution in [1.82, 2.24) is 10.3 Å². The summed E-state index contributed by atoms with van der Waals surface area (Å²) in [7, 11) is 1.59. The molecule has 0 fully saturated rings. The number of rotatable bonds is 9. The van der Waals surface area contributed by atoms with E-state index in [2.05, 4.69) is 19.2 Å². The van der Waals surface area contributed by atoms with Crippen LogP contribution < -0.4 is 14.8 Å². The van der Waals surface area contributed by atoms with Gasteiger partial charge in [0, 0.05) is 23.4 Å². The molecule has 3 rings (SSSR count). The van der Waals surface area contributed by atoms with E-state index in [-0.39, 0.29) is 5.91 Å². The van der Waals surface area contributed by atoms with Crippen LogP contribution in [0.15, 0.2) is 18.2 Å². The van der Waals surface area contributed by atoms with Gasteiger partial charge in [0.05, 0.1) is 24.4 Å². The molecule has 0 spiro atoms. The third-order valence-corrected chi connectivity index (χ3v) is 6.11. The molecule has 2 aromatic rings. The zero-order valence-electron chi connectivity index (χ0n) is 17.0. The fourth-order valence-electron chi connectivity index (χ4n) is 3.23. The van der Waals surface area contributed by atoms with Gasteiger partial charge in [0.15, 0.2) is 11.5 Å². The van der Waals surface area contributed by atoms with Gasteiger partial charge in [-0.1, -0.05) is 13.8 Å². The number of carbonyl (C=O) groups excluding carboxylic acids is 1. The van der Waals surface area contributed by atoms with E-state index in [1.165, 1.54) is 23.4 Å². The first-order valence-corrected chi connectivity index (χ1v) is 10.9. The summed E-state index contributed by atoms with van der Waals surface area (Å²) >= 11 is 1.80. The molecule has 1 aromatic heterocycles. The summed E-state index contributed by atoms with van der Waals surface area (Å²) in [4.78, 5) is 18.7. The molecule has 6 heteroatoms. The summed E-state index contributed by atoms with van der Waals surface area (Å²) in [5.74, 6) is 1.74. The van der Waals surface area contributed by atoms with Gasteiger partial charge in [0.1, 0.15) is 0 Å². The maximum atomic E-state index is 12.5. The Morgan fingerprint density at radius 1 is 1.25 bits per heavy atom. The number of carbonyl (C=O) groups is 1.